The second kappa shape index (κ2) is 4.83. The molecule has 0 aromatic carbocycles. The van der Waals surface area contributed by atoms with Gasteiger partial charge in [-0.1, -0.05) is 0 Å². The molecule has 0 saturated heterocycles. The fraction of sp³-hybridized carbons (Fsp3) is 0.688. The lowest BCUT2D eigenvalue weighted by Crippen LogP contribution is -2.55. The van der Waals surface area contributed by atoms with Crippen molar-refractivity contribution in [2.75, 3.05) is 0 Å². The van der Waals surface area contributed by atoms with Crippen molar-refractivity contribution in [3.8, 4) is 0 Å². The van der Waals surface area contributed by atoms with Crippen LogP contribution < -0.4 is 5.32 Å². The molecule has 4 aliphatic carbocycles. The molecule has 1 heterocycles. The summed E-state index contributed by atoms with van der Waals surface area (Å²) in [7, 11) is 1.63. The molecule has 118 valence electrons. The summed E-state index contributed by atoms with van der Waals surface area (Å²) >= 11 is 0. The van der Waals surface area contributed by atoms with E-state index in [4.69, 9.17) is 0 Å². The third kappa shape index (κ3) is 2.12. The monoisotopic (exact) mass is 303 g/mol. The molecule has 1 aromatic rings. The Morgan fingerprint density at radius 3 is 2.32 bits per heavy atom. The van der Waals surface area contributed by atoms with Gasteiger partial charge in [-0.25, -0.2) is 4.79 Å². The van der Waals surface area contributed by atoms with Crippen LogP contribution in [0, 0.1) is 23.7 Å². The van der Waals surface area contributed by atoms with Crippen LogP contribution >= 0.6 is 0 Å². The summed E-state index contributed by atoms with van der Waals surface area (Å²) in [5.74, 6) is 1.40. The molecule has 0 unspecified atom stereocenters. The van der Waals surface area contributed by atoms with Gasteiger partial charge in [0.15, 0.2) is 5.69 Å². The summed E-state index contributed by atoms with van der Waals surface area (Å²) in [6, 6.07) is 0.210. The Labute approximate surface area is 128 Å². The van der Waals surface area contributed by atoms with E-state index in [1.165, 1.54) is 43.0 Å². The molecule has 4 fully saturated rings. The van der Waals surface area contributed by atoms with E-state index in [1.54, 1.807) is 7.05 Å². The number of nitrogens with zero attached hydrogens (tertiary/aromatic N) is 2. The minimum absolute atomic E-state index is 0.163. The van der Waals surface area contributed by atoms with Gasteiger partial charge in [-0.2, -0.15) is 5.10 Å². The highest BCUT2D eigenvalue weighted by molar-refractivity contribution is 6.03. The number of amides is 1. The maximum absolute atomic E-state index is 12.5. The van der Waals surface area contributed by atoms with Gasteiger partial charge in [0.1, 0.15) is 0 Å². The van der Waals surface area contributed by atoms with Crippen LogP contribution in [-0.2, 0) is 7.05 Å². The van der Waals surface area contributed by atoms with Crippen molar-refractivity contribution in [1.82, 2.24) is 15.1 Å². The quantitative estimate of drug-likeness (QED) is 0.889. The molecule has 1 amide bonds. The minimum atomic E-state index is -1.16. The number of carboxylic acids is 1. The van der Waals surface area contributed by atoms with Gasteiger partial charge >= 0.3 is 5.97 Å². The van der Waals surface area contributed by atoms with E-state index in [1.807, 2.05) is 0 Å². The van der Waals surface area contributed by atoms with Crippen LogP contribution in [-0.4, -0.2) is 32.8 Å². The summed E-state index contributed by atoms with van der Waals surface area (Å²) in [6.07, 6.45) is 7.75. The SMILES string of the molecule is Cn1cc(C(=O)NC2C3CC4CC(C3)CC2C4)c(C(=O)O)n1. The average molecular weight is 303 g/mol. The highest BCUT2D eigenvalue weighted by atomic mass is 16.4. The van der Waals surface area contributed by atoms with Crippen molar-refractivity contribution in [3.05, 3.63) is 17.5 Å². The molecule has 0 atom stereocenters. The van der Waals surface area contributed by atoms with Gasteiger partial charge in [-0.05, 0) is 55.8 Å². The van der Waals surface area contributed by atoms with E-state index >= 15 is 0 Å². The molecular formula is C16H21N3O3. The third-order valence-corrected chi connectivity index (χ3v) is 5.80. The van der Waals surface area contributed by atoms with E-state index in [0.717, 1.165) is 11.8 Å². The number of hydrogen-bond acceptors (Lipinski definition) is 3. The molecule has 6 heteroatoms. The summed E-state index contributed by atoms with van der Waals surface area (Å²) in [5.41, 5.74) is 0.00706. The lowest BCUT2D eigenvalue weighted by molar-refractivity contribution is -0.0119. The topological polar surface area (TPSA) is 84.2 Å². The van der Waals surface area contributed by atoms with E-state index in [2.05, 4.69) is 10.4 Å². The maximum Gasteiger partial charge on any atom is 0.357 e. The number of carboxylic acid groups (broad SMARTS) is 1. The molecule has 4 saturated carbocycles. The van der Waals surface area contributed by atoms with Gasteiger partial charge in [0, 0.05) is 19.3 Å². The number of carbonyl (C=O) groups excluding carboxylic acids is 1. The fourth-order valence-corrected chi connectivity index (χ4v) is 5.20. The van der Waals surface area contributed by atoms with Crippen LogP contribution in [0.5, 0.6) is 0 Å². The summed E-state index contributed by atoms with van der Waals surface area (Å²) in [5, 5.41) is 16.2. The lowest BCUT2D eigenvalue weighted by atomic mass is 9.54. The molecule has 0 spiro atoms. The number of rotatable bonds is 3. The molecule has 2 N–H and O–H groups in total. The normalized spacial score (nSPS) is 35.6. The Morgan fingerprint density at radius 1 is 1.18 bits per heavy atom. The first-order valence-corrected chi connectivity index (χ1v) is 8.09. The van der Waals surface area contributed by atoms with Gasteiger partial charge in [0.25, 0.3) is 5.91 Å². The van der Waals surface area contributed by atoms with Crippen LogP contribution in [0.4, 0.5) is 0 Å². The van der Waals surface area contributed by atoms with E-state index < -0.39 is 5.97 Å². The third-order valence-electron chi connectivity index (χ3n) is 5.80. The summed E-state index contributed by atoms with van der Waals surface area (Å²) < 4.78 is 1.38. The number of aryl methyl sites for hydroxylation is 1. The Morgan fingerprint density at radius 2 is 1.77 bits per heavy atom. The number of carbonyl (C=O) groups is 2. The zero-order chi connectivity index (χ0) is 15.4. The van der Waals surface area contributed by atoms with Gasteiger partial charge in [-0.15, -0.1) is 0 Å². The zero-order valence-electron chi connectivity index (χ0n) is 12.7. The number of hydrogen-bond donors (Lipinski definition) is 2. The Hall–Kier alpha value is -1.85. The Kier molecular flexibility index (Phi) is 3.03. The molecule has 4 bridgehead atoms. The number of aromatic carboxylic acids is 1. The second-order valence-corrected chi connectivity index (χ2v) is 7.30. The summed E-state index contributed by atoms with van der Waals surface area (Å²) in [4.78, 5) is 23.8. The molecule has 1 aromatic heterocycles. The van der Waals surface area contributed by atoms with E-state index in [0.29, 0.717) is 11.8 Å². The lowest BCUT2D eigenvalue weighted by Gasteiger charge is -2.54. The van der Waals surface area contributed by atoms with Crippen molar-refractivity contribution in [2.45, 2.75) is 38.1 Å². The fourth-order valence-electron chi connectivity index (χ4n) is 5.20. The number of aromatic nitrogens is 2. The van der Waals surface area contributed by atoms with Gasteiger partial charge < -0.3 is 10.4 Å². The van der Waals surface area contributed by atoms with Crippen molar-refractivity contribution in [3.63, 3.8) is 0 Å². The Bertz CT molecular complexity index is 609. The largest absolute Gasteiger partial charge is 0.476 e. The highest BCUT2D eigenvalue weighted by Crippen LogP contribution is 2.53. The van der Waals surface area contributed by atoms with Crippen LogP contribution in [0.15, 0.2) is 6.20 Å². The first-order chi connectivity index (χ1) is 10.5. The summed E-state index contributed by atoms with van der Waals surface area (Å²) in [6.45, 7) is 0. The molecule has 0 radical (unpaired) electrons. The predicted octanol–water partition coefficient (Wildman–Crippen LogP) is 1.67. The van der Waals surface area contributed by atoms with Crippen LogP contribution in [0.3, 0.4) is 0 Å². The van der Waals surface area contributed by atoms with Crippen molar-refractivity contribution in [2.24, 2.45) is 30.7 Å². The first kappa shape index (κ1) is 13.8. The first-order valence-electron chi connectivity index (χ1n) is 8.09. The molecule has 22 heavy (non-hydrogen) atoms. The molecule has 5 rings (SSSR count). The maximum atomic E-state index is 12.5. The zero-order valence-corrected chi connectivity index (χ0v) is 12.7. The van der Waals surface area contributed by atoms with Crippen LogP contribution in [0.2, 0.25) is 0 Å². The van der Waals surface area contributed by atoms with E-state index in [9.17, 15) is 14.7 Å². The standard InChI is InChI=1S/C16H21N3O3/c1-19-7-12(14(18-19)16(21)22)15(20)17-13-10-3-8-2-9(5-10)6-11(13)4-8/h7-11,13H,2-6H2,1H3,(H,17,20)(H,21,22). The van der Waals surface area contributed by atoms with Crippen molar-refractivity contribution in [1.29, 1.82) is 0 Å². The highest BCUT2D eigenvalue weighted by Gasteiger charge is 2.48. The average Bonchev–Trinajstić information content (AvgIpc) is 2.84. The molecular weight excluding hydrogens is 282 g/mol. The van der Waals surface area contributed by atoms with Crippen molar-refractivity contribution < 1.29 is 14.7 Å². The van der Waals surface area contributed by atoms with Gasteiger partial charge in [0.2, 0.25) is 0 Å². The number of nitrogens with one attached hydrogen (secondary N) is 1. The van der Waals surface area contributed by atoms with Crippen LogP contribution in [0.25, 0.3) is 0 Å². The predicted molar refractivity (Wildman–Crippen MR) is 78.5 cm³/mol. The second-order valence-electron chi connectivity index (χ2n) is 7.30. The van der Waals surface area contributed by atoms with E-state index in [-0.39, 0.29) is 23.2 Å². The molecule has 6 nitrogen and oxygen atoms in total. The van der Waals surface area contributed by atoms with Crippen molar-refractivity contribution >= 4 is 11.9 Å². The van der Waals surface area contributed by atoms with Gasteiger partial charge in [-0.3, -0.25) is 9.48 Å². The van der Waals surface area contributed by atoms with Gasteiger partial charge in [0.05, 0.1) is 5.56 Å². The van der Waals surface area contributed by atoms with Crippen LogP contribution in [0.1, 0.15) is 53.0 Å². The smallest absolute Gasteiger partial charge is 0.357 e. The molecule has 0 aliphatic heterocycles. The Balaban J connectivity index is 1.54. The molecule has 4 aliphatic rings. The minimum Gasteiger partial charge on any atom is -0.476 e.